The minimum atomic E-state index is -0.0625. The van der Waals surface area contributed by atoms with Crippen molar-refractivity contribution in [3.8, 4) is 0 Å². The molecular formula is C25H36NO4+. The molecule has 2 aliphatic heterocycles. The van der Waals surface area contributed by atoms with Gasteiger partial charge in [-0.15, -0.1) is 0 Å². The molecule has 0 radical (unpaired) electrons. The Morgan fingerprint density at radius 3 is 2.90 bits per heavy atom. The van der Waals surface area contributed by atoms with Gasteiger partial charge in [0.25, 0.3) is 0 Å². The highest BCUT2D eigenvalue weighted by molar-refractivity contribution is 5.76. The van der Waals surface area contributed by atoms with Gasteiger partial charge >= 0.3 is 5.97 Å². The fourth-order valence-corrected chi connectivity index (χ4v) is 6.61. The number of rotatable bonds is 6. The molecule has 2 saturated heterocycles. The fourth-order valence-electron chi connectivity index (χ4n) is 6.61. The molecule has 3 fully saturated rings. The van der Waals surface area contributed by atoms with E-state index in [-0.39, 0.29) is 35.4 Å². The van der Waals surface area contributed by atoms with E-state index in [2.05, 4.69) is 19.9 Å². The van der Waals surface area contributed by atoms with Crippen molar-refractivity contribution in [3.63, 3.8) is 0 Å². The highest BCUT2D eigenvalue weighted by atomic mass is 16.6. The molecule has 2 aliphatic carbocycles. The Morgan fingerprint density at radius 1 is 1.23 bits per heavy atom. The summed E-state index contributed by atoms with van der Waals surface area (Å²) in [5.41, 5.74) is 1.80. The summed E-state index contributed by atoms with van der Waals surface area (Å²) in [7, 11) is 0. The molecule has 5 heteroatoms. The van der Waals surface area contributed by atoms with Crippen molar-refractivity contribution in [3.05, 3.63) is 35.8 Å². The highest BCUT2D eigenvalue weighted by Gasteiger charge is 2.52. The average Bonchev–Trinajstić information content (AvgIpc) is 3.44. The van der Waals surface area contributed by atoms with Crippen molar-refractivity contribution in [1.29, 1.82) is 0 Å². The molecule has 1 saturated carbocycles. The molecule has 0 spiro atoms. The molecule has 1 aromatic rings. The molecule has 7 atom stereocenters. The fraction of sp³-hybridized carbons (Fsp3) is 0.720. The van der Waals surface area contributed by atoms with Crippen LogP contribution >= 0.6 is 0 Å². The van der Waals surface area contributed by atoms with Gasteiger partial charge in [-0.25, -0.2) is 0 Å². The number of hydrogen-bond donors (Lipinski definition) is 1. The molecule has 164 valence electrons. The minimum absolute atomic E-state index is 0.000959. The van der Waals surface area contributed by atoms with Crippen LogP contribution in [0.15, 0.2) is 34.5 Å². The normalized spacial score (nSPS) is 39.2. The number of esters is 1. The van der Waals surface area contributed by atoms with E-state index in [1.165, 1.54) is 24.2 Å². The molecular weight excluding hydrogens is 378 g/mol. The van der Waals surface area contributed by atoms with E-state index in [1.54, 1.807) is 11.8 Å². The van der Waals surface area contributed by atoms with Crippen molar-refractivity contribution in [2.75, 3.05) is 19.7 Å². The molecule has 0 amide bonds. The zero-order valence-corrected chi connectivity index (χ0v) is 18.4. The lowest BCUT2D eigenvalue weighted by Gasteiger charge is -2.46. The Hall–Kier alpha value is -1.59. The van der Waals surface area contributed by atoms with Crippen LogP contribution in [0.4, 0.5) is 0 Å². The summed E-state index contributed by atoms with van der Waals surface area (Å²) in [4.78, 5) is 14.4. The molecule has 1 unspecified atom stereocenters. The molecule has 4 aliphatic rings. The number of furan rings is 1. The van der Waals surface area contributed by atoms with E-state index in [0.717, 1.165) is 51.3 Å². The Balaban J connectivity index is 1.36. The number of allylic oxidation sites excluding steroid dienone is 1. The first-order valence-electron chi connectivity index (χ1n) is 11.9. The highest BCUT2D eigenvalue weighted by Crippen LogP contribution is 2.53. The SMILES string of the molecule is C[C@H]1CCC[C@]2(C)C[C@H]3OC(=O)[C@@H](C[NH+](Cc4ccco4)C[C@@H]4CCCO4)[C@H]3C=C12. The first kappa shape index (κ1) is 20.3. The van der Waals surface area contributed by atoms with Crippen LogP contribution in [-0.4, -0.2) is 37.9 Å². The first-order valence-corrected chi connectivity index (χ1v) is 11.9. The van der Waals surface area contributed by atoms with Crippen LogP contribution in [0, 0.1) is 23.2 Å². The van der Waals surface area contributed by atoms with Gasteiger partial charge in [-0.05, 0) is 55.6 Å². The number of fused-ring (bicyclic) bond motifs is 2. The van der Waals surface area contributed by atoms with E-state index < -0.39 is 0 Å². The summed E-state index contributed by atoms with van der Waals surface area (Å²) in [6, 6.07) is 3.97. The number of carbonyl (C=O) groups excluding carboxylic acids is 1. The van der Waals surface area contributed by atoms with E-state index in [1.807, 2.05) is 12.1 Å². The Morgan fingerprint density at radius 2 is 2.13 bits per heavy atom. The predicted molar refractivity (Wildman–Crippen MR) is 113 cm³/mol. The summed E-state index contributed by atoms with van der Waals surface area (Å²) in [5, 5.41) is 0. The number of carbonyl (C=O) groups is 1. The smallest absolute Gasteiger partial charge is 0.315 e. The molecule has 0 aromatic carbocycles. The lowest BCUT2D eigenvalue weighted by molar-refractivity contribution is -0.920. The lowest BCUT2D eigenvalue weighted by atomic mass is 9.59. The van der Waals surface area contributed by atoms with Crippen LogP contribution in [0.1, 0.15) is 58.1 Å². The Kier molecular flexibility index (Phi) is 5.53. The quantitative estimate of drug-likeness (QED) is 0.574. The summed E-state index contributed by atoms with van der Waals surface area (Å²) in [6.45, 7) is 8.11. The van der Waals surface area contributed by atoms with Crippen molar-refractivity contribution in [1.82, 2.24) is 0 Å². The summed E-state index contributed by atoms with van der Waals surface area (Å²) < 4.78 is 17.5. The third kappa shape index (κ3) is 3.87. The Bertz CT molecular complexity index is 781. The number of quaternary nitrogens is 1. The van der Waals surface area contributed by atoms with Crippen molar-refractivity contribution in [2.45, 2.75) is 71.1 Å². The van der Waals surface area contributed by atoms with Crippen LogP contribution in [0.2, 0.25) is 0 Å². The van der Waals surface area contributed by atoms with E-state index in [0.29, 0.717) is 5.92 Å². The maximum atomic E-state index is 13.0. The van der Waals surface area contributed by atoms with Gasteiger partial charge in [0.1, 0.15) is 31.2 Å². The van der Waals surface area contributed by atoms with Gasteiger partial charge in [0, 0.05) is 12.5 Å². The van der Waals surface area contributed by atoms with Gasteiger partial charge in [-0.2, -0.15) is 0 Å². The molecule has 3 heterocycles. The second-order valence-corrected chi connectivity index (χ2v) is 10.4. The third-order valence-corrected chi connectivity index (χ3v) is 8.13. The topological polar surface area (TPSA) is 53.1 Å². The molecule has 5 rings (SSSR count). The van der Waals surface area contributed by atoms with Crippen LogP contribution < -0.4 is 4.90 Å². The first-order chi connectivity index (χ1) is 14.5. The number of nitrogens with one attached hydrogen (secondary N) is 1. The Labute approximate surface area is 179 Å². The van der Waals surface area contributed by atoms with Crippen LogP contribution in [0.25, 0.3) is 0 Å². The lowest BCUT2D eigenvalue weighted by Crippen LogP contribution is -3.12. The van der Waals surface area contributed by atoms with Gasteiger partial charge in [0.15, 0.2) is 5.76 Å². The minimum Gasteiger partial charge on any atom is -0.463 e. The number of hydrogen-bond acceptors (Lipinski definition) is 4. The van der Waals surface area contributed by atoms with Crippen molar-refractivity contribution < 1.29 is 23.6 Å². The van der Waals surface area contributed by atoms with E-state index >= 15 is 0 Å². The molecule has 30 heavy (non-hydrogen) atoms. The average molecular weight is 415 g/mol. The van der Waals surface area contributed by atoms with Crippen molar-refractivity contribution in [2.24, 2.45) is 23.2 Å². The molecule has 5 nitrogen and oxygen atoms in total. The van der Waals surface area contributed by atoms with Gasteiger partial charge in [0.05, 0.1) is 12.8 Å². The summed E-state index contributed by atoms with van der Waals surface area (Å²) in [5.74, 6) is 1.76. The monoisotopic (exact) mass is 414 g/mol. The number of ether oxygens (including phenoxy) is 2. The van der Waals surface area contributed by atoms with Gasteiger partial charge in [0.2, 0.25) is 0 Å². The maximum absolute atomic E-state index is 13.0. The van der Waals surface area contributed by atoms with Crippen molar-refractivity contribution >= 4 is 5.97 Å². The zero-order chi connectivity index (χ0) is 20.7. The molecule has 1 N–H and O–H groups in total. The standard InChI is InChI=1S/C25H35NO4/c1-17-6-3-9-25(2)13-23-20(12-22(17)25)21(24(27)30-23)16-26(14-18-7-4-10-28-18)15-19-8-5-11-29-19/h4,7,10,12,17,19-21,23H,3,5-6,8-9,11,13-16H2,1-2H3/p+1/t17-,19-,20+,21-,23+,25+/m0/s1. The van der Waals surface area contributed by atoms with E-state index in [9.17, 15) is 4.79 Å². The van der Waals surface area contributed by atoms with Crippen LogP contribution in [0.3, 0.4) is 0 Å². The molecule has 0 bridgehead atoms. The van der Waals surface area contributed by atoms with Crippen LogP contribution in [-0.2, 0) is 20.8 Å². The largest absolute Gasteiger partial charge is 0.463 e. The van der Waals surface area contributed by atoms with Gasteiger partial charge in [-0.1, -0.05) is 31.9 Å². The second kappa shape index (κ2) is 8.16. The van der Waals surface area contributed by atoms with Gasteiger partial charge < -0.3 is 18.8 Å². The third-order valence-electron chi connectivity index (χ3n) is 8.13. The molecule has 1 aromatic heterocycles. The van der Waals surface area contributed by atoms with Gasteiger partial charge in [-0.3, -0.25) is 4.79 Å². The summed E-state index contributed by atoms with van der Waals surface area (Å²) in [6.07, 6.45) is 11.6. The summed E-state index contributed by atoms with van der Waals surface area (Å²) >= 11 is 0. The predicted octanol–water partition coefficient (Wildman–Crippen LogP) is 3.16. The van der Waals surface area contributed by atoms with Crippen LogP contribution in [0.5, 0.6) is 0 Å². The zero-order valence-electron chi connectivity index (χ0n) is 18.4. The van der Waals surface area contributed by atoms with E-state index in [4.69, 9.17) is 13.9 Å². The second-order valence-electron chi connectivity index (χ2n) is 10.4. The maximum Gasteiger partial charge on any atom is 0.315 e.